The Morgan fingerprint density at radius 3 is 2.75 bits per heavy atom. The Labute approximate surface area is 118 Å². The summed E-state index contributed by atoms with van der Waals surface area (Å²) in [5, 5.41) is 21.3. The first-order valence-electron chi connectivity index (χ1n) is 5.69. The number of hydrogen-bond acceptors (Lipinski definition) is 4. The summed E-state index contributed by atoms with van der Waals surface area (Å²) in [5.74, 6) is -2.78. The van der Waals surface area contributed by atoms with Crippen molar-refractivity contribution in [3.05, 3.63) is 28.8 Å². The number of carbonyl (C=O) groups is 3. The molecule has 20 heavy (non-hydrogen) atoms. The Bertz CT molecular complexity index is 589. The molecule has 8 heteroatoms. The first kappa shape index (κ1) is 14.1. The van der Waals surface area contributed by atoms with Crippen LogP contribution in [0.3, 0.4) is 0 Å². The third kappa shape index (κ3) is 2.67. The molecule has 7 nitrogen and oxygen atoms in total. The first-order valence-corrected chi connectivity index (χ1v) is 6.07. The van der Waals surface area contributed by atoms with E-state index in [2.05, 4.69) is 5.32 Å². The van der Waals surface area contributed by atoms with Gasteiger partial charge in [0.05, 0.1) is 5.56 Å². The van der Waals surface area contributed by atoms with Gasteiger partial charge in [-0.25, -0.2) is 4.79 Å². The molecule has 0 aliphatic carbocycles. The standard InChI is InChI=1S/C12H11ClN2O5/c13-6-1-2-9(16)7(3-6)11(18)15-5-10(17)14-4-8(15)12(19)20/h1-3,8,16H,4-5H2,(H,14,17)(H,19,20). The van der Waals surface area contributed by atoms with Crippen LogP contribution in [0.15, 0.2) is 18.2 Å². The number of phenolic OH excluding ortho intramolecular Hbond substituents is 1. The fourth-order valence-corrected chi connectivity index (χ4v) is 2.08. The van der Waals surface area contributed by atoms with Gasteiger partial charge < -0.3 is 20.4 Å². The van der Waals surface area contributed by atoms with Crippen LogP contribution in [0.2, 0.25) is 5.02 Å². The molecular formula is C12H11ClN2O5. The van der Waals surface area contributed by atoms with Gasteiger partial charge in [0.2, 0.25) is 5.91 Å². The summed E-state index contributed by atoms with van der Waals surface area (Å²) in [5.41, 5.74) is -0.140. The molecule has 1 atom stereocenters. The molecule has 106 valence electrons. The Balaban J connectivity index is 2.36. The third-order valence-corrected chi connectivity index (χ3v) is 3.15. The number of phenols is 1. The van der Waals surface area contributed by atoms with Crippen molar-refractivity contribution >= 4 is 29.4 Å². The van der Waals surface area contributed by atoms with E-state index in [0.717, 1.165) is 4.90 Å². The number of rotatable bonds is 2. The number of piperazine rings is 1. The first-order chi connectivity index (χ1) is 9.40. The number of aliphatic carboxylic acids is 1. The normalized spacial score (nSPS) is 18.6. The molecule has 1 aliphatic heterocycles. The van der Waals surface area contributed by atoms with Gasteiger partial charge in [0.1, 0.15) is 18.3 Å². The molecule has 2 rings (SSSR count). The lowest BCUT2D eigenvalue weighted by atomic mass is 10.1. The van der Waals surface area contributed by atoms with Crippen molar-refractivity contribution in [1.29, 1.82) is 0 Å². The van der Waals surface area contributed by atoms with Crippen molar-refractivity contribution in [2.24, 2.45) is 0 Å². The minimum absolute atomic E-state index is 0.140. The van der Waals surface area contributed by atoms with Crippen LogP contribution in [0.5, 0.6) is 5.75 Å². The number of nitrogens with zero attached hydrogens (tertiary/aromatic N) is 1. The highest BCUT2D eigenvalue weighted by Crippen LogP contribution is 2.24. The van der Waals surface area contributed by atoms with Crippen LogP contribution >= 0.6 is 11.6 Å². The molecule has 1 fully saturated rings. The Morgan fingerprint density at radius 2 is 2.10 bits per heavy atom. The molecule has 0 bridgehead atoms. The van der Waals surface area contributed by atoms with Crippen LogP contribution in [0.1, 0.15) is 10.4 Å². The van der Waals surface area contributed by atoms with Crippen LogP contribution < -0.4 is 5.32 Å². The molecule has 0 radical (unpaired) electrons. The quantitative estimate of drug-likeness (QED) is 0.716. The summed E-state index contributed by atoms with van der Waals surface area (Å²) in [4.78, 5) is 35.7. The number of benzene rings is 1. The molecule has 1 aliphatic rings. The van der Waals surface area contributed by atoms with Crippen molar-refractivity contribution in [1.82, 2.24) is 10.2 Å². The van der Waals surface area contributed by atoms with Crippen LogP contribution in [-0.2, 0) is 9.59 Å². The molecule has 3 N–H and O–H groups in total. The number of carboxylic acid groups (broad SMARTS) is 1. The number of carboxylic acids is 1. The van der Waals surface area contributed by atoms with Gasteiger partial charge in [0.25, 0.3) is 5.91 Å². The largest absolute Gasteiger partial charge is 0.507 e. The minimum Gasteiger partial charge on any atom is -0.507 e. The van der Waals surface area contributed by atoms with Gasteiger partial charge in [0.15, 0.2) is 0 Å². The van der Waals surface area contributed by atoms with Crippen molar-refractivity contribution in [3.63, 3.8) is 0 Å². The van der Waals surface area contributed by atoms with E-state index in [9.17, 15) is 19.5 Å². The van der Waals surface area contributed by atoms with E-state index in [4.69, 9.17) is 16.7 Å². The second kappa shape index (κ2) is 5.38. The van der Waals surface area contributed by atoms with Gasteiger partial charge >= 0.3 is 5.97 Å². The average Bonchev–Trinajstić information content (AvgIpc) is 2.40. The number of hydrogen-bond donors (Lipinski definition) is 3. The zero-order valence-electron chi connectivity index (χ0n) is 10.2. The smallest absolute Gasteiger partial charge is 0.328 e. The molecular weight excluding hydrogens is 288 g/mol. The maximum atomic E-state index is 12.3. The van der Waals surface area contributed by atoms with Crippen molar-refractivity contribution in [3.8, 4) is 5.75 Å². The van der Waals surface area contributed by atoms with E-state index in [1.807, 2.05) is 0 Å². The predicted molar refractivity (Wildman–Crippen MR) is 68.6 cm³/mol. The van der Waals surface area contributed by atoms with Crippen LogP contribution in [0, 0.1) is 0 Å². The molecule has 1 aromatic carbocycles. The van der Waals surface area contributed by atoms with E-state index >= 15 is 0 Å². The zero-order valence-corrected chi connectivity index (χ0v) is 10.9. The van der Waals surface area contributed by atoms with E-state index < -0.39 is 23.8 Å². The lowest BCUT2D eigenvalue weighted by Gasteiger charge is -2.32. The summed E-state index contributed by atoms with van der Waals surface area (Å²) in [6.45, 7) is -0.566. The average molecular weight is 299 g/mol. The molecule has 0 aromatic heterocycles. The van der Waals surface area contributed by atoms with E-state index in [1.165, 1.54) is 18.2 Å². The lowest BCUT2D eigenvalue weighted by Crippen LogP contribution is -2.59. The monoisotopic (exact) mass is 298 g/mol. The topological polar surface area (TPSA) is 107 Å². The van der Waals surface area contributed by atoms with E-state index in [1.54, 1.807) is 0 Å². The lowest BCUT2D eigenvalue weighted by molar-refractivity contribution is -0.144. The van der Waals surface area contributed by atoms with Crippen LogP contribution in [0.4, 0.5) is 0 Å². The van der Waals surface area contributed by atoms with Gasteiger partial charge in [-0.15, -0.1) is 0 Å². The van der Waals surface area contributed by atoms with Gasteiger partial charge in [-0.05, 0) is 18.2 Å². The summed E-state index contributed by atoms with van der Waals surface area (Å²) >= 11 is 5.75. The molecule has 1 saturated heterocycles. The van der Waals surface area contributed by atoms with Crippen molar-refractivity contribution < 1.29 is 24.6 Å². The maximum absolute atomic E-state index is 12.3. The van der Waals surface area contributed by atoms with Crippen LogP contribution in [-0.4, -0.2) is 52.0 Å². The minimum atomic E-state index is -1.24. The molecule has 0 spiro atoms. The van der Waals surface area contributed by atoms with E-state index in [-0.39, 0.29) is 29.4 Å². The van der Waals surface area contributed by atoms with E-state index in [0.29, 0.717) is 0 Å². The second-order valence-electron chi connectivity index (χ2n) is 4.25. The van der Waals surface area contributed by atoms with Crippen molar-refractivity contribution in [2.45, 2.75) is 6.04 Å². The SMILES string of the molecule is O=C1CN(C(=O)c2cc(Cl)ccc2O)C(C(=O)O)CN1. The third-order valence-electron chi connectivity index (χ3n) is 2.92. The number of nitrogens with one attached hydrogen (secondary N) is 1. The van der Waals surface area contributed by atoms with Gasteiger partial charge in [-0.2, -0.15) is 0 Å². The highest BCUT2D eigenvalue weighted by atomic mass is 35.5. The highest BCUT2D eigenvalue weighted by molar-refractivity contribution is 6.31. The molecule has 2 amide bonds. The predicted octanol–water partition coefficient (Wildman–Crippen LogP) is 0.0708. The second-order valence-corrected chi connectivity index (χ2v) is 4.69. The number of aromatic hydroxyl groups is 1. The van der Waals surface area contributed by atoms with Gasteiger partial charge in [-0.3, -0.25) is 9.59 Å². The maximum Gasteiger partial charge on any atom is 0.328 e. The molecule has 1 heterocycles. The summed E-state index contributed by atoms with van der Waals surface area (Å²) in [6, 6.07) is 2.67. The Morgan fingerprint density at radius 1 is 1.40 bits per heavy atom. The van der Waals surface area contributed by atoms with Gasteiger partial charge in [0, 0.05) is 11.6 Å². The number of halogens is 1. The summed E-state index contributed by atoms with van der Waals surface area (Å²) < 4.78 is 0. The summed E-state index contributed by atoms with van der Waals surface area (Å²) in [6.07, 6.45) is 0. The van der Waals surface area contributed by atoms with Crippen molar-refractivity contribution in [2.75, 3.05) is 13.1 Å². The number of carbonyl (C=O) groups excluding carboxylic acids is 2. The number of amides is 2. The van der Waals surface area contributed by atoms with Gasteiger partial charge in [-0.1, -0.05) is 11.6 Å². The summed E-state index contributed by atoms with van der Waals surface area (Å²) in [7, 11) is 0. The fraction of sp³-hybridized carbons (Fsp3) is 0.250. The van der Waals surface area contributed by atoms with Crippen LogP contribution in [0.25, 0.3) is 0 Å². The molecule has 1 aromatic rings. The highest BCUT2D eigenvalue weighted by Gasteiger charge is 2.36. The fourth-order valence-electron chi connectivity index (χ4n) is 1.91. The molecule has 1 unspecified atom stereocenters. The zero-order chi connectivity index (χ0) is 14.9. The Kier molecular flexibility index (Phi) is 3.80. The molecule has 0 saturated carbocycles. The Hall–Kier alpha value is -2.28.